The molecule has 1 aromatic rings. The molecule has 0 atom stereocenters. The van der Waals surface area contributed by atoms with Gasteiger partial charge in [-0.05, 0) is 24.6 Å². The molecule has 0 amide bonds. The molecular weight excluding hydrogens is 273 g/mol. The first-order chi connectivity index (χ1) is 5.18. The van der Waals surface area contributed by atoms with E-state index in [4.69, 9.17) is 0 Å². The summed E-state index contributed by atoms with van der Waals surface area (Å²) < 4.78 is 24.4. The second-order valence-electron chi connectivity index (χ2n) is 1.95. The van der Waals surface area contributed by atoms with Crippen LogP contribution < -0.4 is 0 Å². The topological polar surface area (TPSA) is 0 Å². The molecule has 0 nitrogen and oxygen atoms in total. The fourth-order valence-electron chi connectivity index (χ4n) is 0.692. The zero-order valence-corrected chi connectivity index (χ0v) is 9.73. The smallest absolute Gasteiger partial charge is 0.126 e. The van der Waals surface area contributed by atoms with Crippen LogP contribution in [0.1, 0.15) is 19.4 Å². The summed E-state index contributed by atoms with van der Waals surface area (Å²) in [6.45, 7) is 5.64. The molecule has 0 N–H and O–H groups in total. The van der Waals surface area contributed by atoms with E-state index in [1.54, 1.807) is 6.92 Å². The molecule has 12 heavy (non-hydrogen) atoms. The highest BCUT2D eigenvalue weighted by Gasteiger charge is 1.93. The summed E-state index contributed by atoms with van der Waals surface area (Å²) in [5.74, 6) is -1.04. The van der Waals surface area contributed by atoms with Crippen molar-refractivity contribution in [3.8, 4) is 0 Å². The lowest BCUT2D eigenvalue weighted by Crippen LogP contribution is -1.80. The van der Waals surface area contributed by atoms with Crippen molar-refractivity contribution in [1.82, 2.24) is 0 Å². The Hall–Kier alpha value is -0.190. The van der Waals surface area contributed by atoms with E-state index in [0.717, 1.165) is 6.07 Å². The number of rotatable bonds is 0. The van der Waals surface area contributed by atoms with Gasteiger partial charge in [0, 0.05) is 6.07 Å². The lowest BCUT2D eigenvalue weighted by Gasteiger charge is -1.91. The fourth-order valence-corrected chi connectivity index (χ4v) is 0.692. The van der Waals surface area contributed by atoms with Gasteiger partial charge in [-0.25, -0.2) is 8.78 Å². The Morgan fingerprint density at radius 3 is 1.50 bits per heavy atom. The van der Waals surface area contributed by atoms with Crippen LogP contribution in [0.3, 0.4) is 0 Å². The Balaban J connectivity index is 0. The molecule has 0 aromatic heterocycles. The zero-order valence-electron chi connectivity index (χ0n) is 7.40. The second-order valence-corrected chi connectivity index (χ2v) is 1.95. The maximum atomic E-state index is 12.2. The summed E-state index contributed by atoms with van der Waals surface area (Å²) in [7, 11) is 0. The highest BCUT2D eigenvalue weighted by atomic mass is 127. The Morgan fingerprint density at radius 1 is 0.917 bits per heavy atom. The van der Waals surface area contributed by atoms with Gasteiger partial charge in [0.2, 0.25) is 0 Å². The highest BCUT2D eigenvalue weighted by Crippen LogP contribution is 2.05. The lowest BCUT2D eigenvalue weighted by molar-refractivity contribution is 0.581. The van der Waals surface area contributed by atoms with E-state index in [1.165, 1.54) is 12.1 Å². The van der Waals surface area contributed by atoms with Crippen LogP contribution in [0.4, 0.5) is 8.78 Å². The molecule has 0 saturated heterocycles. The molecule has 0 fully saturated rings. The van der Waals surface area contributed by atoms with Gasteiger partial charge in [-0.3, -0.25) is 0 Å². The third kappa shape index (κ3) is 5.46. The van der Waals surface area contributed by atoms with Crippen molar-refractivity contribution in [3.63, 3.8) is 0 Å². The van der Waals surface area contributed by atoms with Crippen LogP contribution in [0.25, 0.3) is 0 Å². The second kappa shape index (κ2) is 7.46. The van der Waals surface area contributed by atoms with Crippen molar-refractivity contribution in [3.05, 3.63) is 35.4 Å². The normalized spacial score (nSPS) is 7.75. The number of halogens is 3. The minimum Gasteiger partial charge on any atom is -0.207 e. The van der Waals surface area contributed by atoms with Gasteiger partial charge in [0.15, 0.2) is 0 Å². The van der Waals surface area contributed by atoms with Gasteiger partial charge in [-0.15, -0.1) is 24.0 Å². The molecule has 0 aliphatic heterocycles. The van der Waals surface area contributed by atoms with Crippen molar-refractivity contribution in [1.29, 1.82) is 0 Å². The fraction of sp³-hybridized carbons (Fsp3) is 0.333. The summed E-state index contributed by atoms with van der Waals surface area (Å²) in [5.41, 5.74) is 0.604. The van der Waals surface area contributed by atoms with Crippen LogP contribution in [0.5, 0.6) is 0 Å². The molecule has 70 valence electrons. The van der Waals surface area contributed by atoms with Gasteiger partial charge >= 0.3 is 0 Å². The van der Waals surface area contributed by atoms with E-state index < -0.39 is 11.6 Å². The Morgan fingerprint density at radius 2 is 1.25 bits per heavy atom. The van der Waals surface area contributed by atoms with E-state index in [-0.39, 0.29) is 24.0 Å². The molecule has 1 rings (SSSR count). The molecule has 3 heteroatoms. The van der Waals surface area contributed by atoms with Crippen LogP contribution >= 0.6 is 24.0 Å². The minimum absolute atomic E-state index is 0. The predicted octanol–water partition coefficient (Wildman–Crippen LogP) is 3.92. The van der Waals surface area contributed by atoms with Crippen molar-refractivity contribution in [2.45, 2.75) is 20.8 Å². The first-order valence-corrected chi connectivity index (χ1v) is 3.61. The van der Waals surface area contributed by atoms with Crippen LogP contribution in [0.15, 0.2) is 18.2 Å². The van der Waals surface area contributed by atoms with Crippen LogP contribution in [-0.4, -0.2) is 0 Å². The van der Waals surface area contributed by atoms with E-state index in [9.17, 15) is 8.78 Å². The summed E-state index contributed by atoms with van der Waals surface area (Å²) >= 11 is 0. The molecule has 0 saturated carbocycles. The lowest BCUT2D eigenvalue weighted by atomic mass is 10.2. The maximum absolute atomic E-state index is 12.2. The Kier molecular flexibility index (Phi) is 8.91. The van der Waals surface area contributed by atoms with Gasteiger partial charge in [-0.2, -0.15) is 0 Å². The first-order valence-electron chi connectivity index (χ1n) is 3.61. The minimum atomic E-state index is -0.521. The van der Waals surface area contributed by atoms with E-state index in [1.807, 2.05) is 13.8 Å². The molecular formula is C9H13F2I. The van der Waals surface area contributed by atoms with Gasteiger partial charge in [0.25, 0.3) is 0 Å². The molecule has 1 aromatic carbocycles. The largest absolute Gasteiger partial charge is 0.207 e. The molecule has 0 spiro atoms. The standard InChI is InChI=1S/C7H6F2.C2H6.HI/c1-5-2-6(8)4-7(9)3-5;1-2;/h2-4H,1H3;1-2H3;1H. The number of hydrogen-bond acceptors (Lipinski definition) is 0. The van der Waals surface area contributed by atoms with E-state index in [2.05, 4.69) is 0 Å². The van der Waals surface area contributed by atoms with E-state index in [0.29, 0.717) is 5.56 Å². The van der Waals surface area contributed by atoms with Gasteiger partial charge in [0.05, 0.1) is 0 Å². The predicted molar refractivity (Wildman–Crippen MR) is 57.9 cm³/mol. The van der Waals surface area contributed by atoms with Crippen molar-refractivity contribution < 1.29 is 8.78 Å². The van der Waals surface area contributed by atoms with Crippen LogP contribution in [0.2, 0.25) is 0 Å². The average Bonchev–Trinajstić information content (AvgIpc) is 1.88. The van der Waals surface area contributed by atoms with Gasteiger partial charge < -0.3 is 0 Å². The Bertz CT molecular complexity index is 173. The molecule has 0 heterocycles. The third-order valence-corrected chi connectivity index (χ3v) is 1.01. The van der Waals surface area contributed by atoms with Crippen molar-refractivity contribution in [2.24, 2.45) is 0 Å². The summed E-state index contributed by atoms with van der Waals surface area (Å²) in [6, 6.07) is 3.42. The third-order valence-electron chi connectivity index (χ3n) is 1.01. The van der Waals surface area contributed by atoms with Gasteiger partial charge in [-0.1, -0.05) is 13.8 Å². The van der Waals surface area contributed by atoms with Crippen LogP contribution in [0, 0.1) is 18.6 Å². The summed E-state index contributed by atoms with van der Waals surface area (Å²) in [6.07, 6.45) is 0. The molecule has 0 radical (unpaired) electrons. The monoisotopic (exact) mass is 286 g/mol. The van der Waals surface area contributed by atoms with Crippen molar-refractivity contribution >= 4 is 24.0 Å². The number of aryl methyl sites for hydroxylation is 1. The molecule has 0 bridgehead atoms. The SMILES string of the molecule is CC.Cc1cc(F)cc(F)c1.I. The molecule has 0 aliphatic carbocycles. The number of hydrogen-bond donors (Lipinski definition) is 0. The highest BCUT2D eigenvalue weighted by molar-refractivity contribution is 14.0. The number of benzene rings is 1. The summed E-state index contributed by atoms with van der Waals surface area (Å²) in [4.78, 5) is 0. The molecule has 0 aliphatic rings. The Labute approximate surface area is 89.0 Å². The molecule has 0 unspecified atom stereocenters. The van der Waals surface area contributed by atoms with Gasteiger partial charge in [0.1, 0.15) is 11.6 Å². The summed E-state index contributed by atoms with van der Waals surface area (Å²) in [5, 5.41) is 0. The van der Waals surface area contributed by atoms with Crippen molar-refractivity contribution in [2.75, 3.05) is 0 Å². The zero-order chi connectivity index (χ0) is 8.85. The van der Waals surface area contributed by atoms with Crippen LogP contribution in [-0.2, 0) is 0 Å². The average molecular weight is 286 g/mol. The van der Waals surface area contributed by atoms with E-state index >= 15 is 0 Å². The first kappa shape index (κ1) is 14.3. The maximum Gasteiger partial charge on any atom is 0.126 e. The quantitative estimate of drug-likeness (QED) is 0.634.